The normalized spacial score (nSPS) is 14.0. The van der Waals surface area contributed by atoms with Gasteiger partial charge in [-0.2, -0.15) is 0 Å². The first-order valence-electron chi connectivity index (χ1n) is 8.38. The molecule has 1 heterocycles. The van der Waals surface area contributed by atoms with Crippen LogP contribution in [0.15, 0.2) is 34.8 Å². The molecule has 3 rings (SSSR count). The summed E-state index contributed by atoms with van der Waals surface area (Å²) in [6.07, 6.45) is 0. The summed E-state index contributed by atoms with van der Waals surface area (Å²) in [5.41, 5.74) is 1.21. The van der Waals surface area contributed by atoms with Crippen molar-refractivity contribution in [3.8, 4) is 11.5 Å². The molecule has 1 fully saturated rings. The van der Waals surface area contributed by atoms with Gasteiger partial charge in [0.25, 0.3) is 5.91 Å². The van der Waals surface area contributed by atoms with Crippen LogP contribution in [0, 0.1) is 5.82 Å². The molecule has 0 aliphatic carbocycles. The summed E-state index contributed by atoms with van der Waals surface area (Å²) < 4.78 is 30.9. The van der Waals surface area contributed by atoms with E-state index in [4.69, 9.17) is 14.2 Å². The minimum absolute atomic E-state index is 0.338. The largest absolute Gasteiger partial charge is 0.495 e. The molecule has 1 N–H and O–H groups in total. The van der Waals surface area contributed by atoms with E-state index in [9.17, 15) is 9.18 Å². The van der Waals surface area contributed by atoms with Crippen LogP contribution >= 0.6 is 15.9 Å². The summed E-state index contributed by atoms with van der Waals surface area (Å²) in [7, 11) is 3.00. The number of rotatable bonds is 5. The number of anilines is 2. The minimum Gasteiger partial charge on any atom is -0.495 e. The Morgan fingerprint density at radius 3 is 2.33 bits per heavy atom. The van der Waals surface area contributed by atoms with Crippen LogP contribution in [0.1, 0.15) is 10.4 Å². The van der Waals surface area contributed by atoms with Crippen molar-refractivity contribution in [3.63, 3.8) is 0 Å². The third kappa shape index (κ3) is 4.33. The Hall–Kier alpha value is -2.32. The van der Waals surface area contributed by atoms with Gasteiger partial charge in [0, 0.05) is 24.3 Å². The Bertz CT molecular complexity index is 815. The molecule has 2 aromatic rings. The number of amides is 1. The summed E-state index contributed by atoms with van der Waals surface area (Å²) in [6, 6.07) is 7.83. The molecular formula is C19H20BrFN2O4. The van der Waals surface area contributed by atoms with Crippen LogP contribution in [0.3, 0.4) is 0 Å². The molecular weight excluding hydrogens is 419 g/mol. The van der Waals surface area contributed by atoms with Gasteiger partial charge in [-0.25, -0.2) is 4.39 Å². The number of ether oxygens (including phenoxy) is 3. The summed E-state index contributed by atoms with van der Waals surface area (Å²) in [5.74, 6) is 0.153. The Morgan fingerprint density at radius 2 is 1.78 bits per heavy atom. The van der Waals surface area contributed by atoms with E-state index in [0.717, 1.165) is 0 Å². The van der Waals surface area contributed by atoms with Gasteiger partial charge >= 0.3 is 0 Å². The molecule has 6 nitrogen and oxygen atoms in total. The summed E-state index contributed by atoms with van der Waals surface area (Å²) in [6.45, 7) is 2.43. The molecule has 0 spiro atoms. The van der Waals surface area contributed by atoms with Gasteiger partial charge < -0.3 is 24.4 Å². The topological polar surface area (TPSA) is 60.0 Å². The first-order chi connectivity index (χ1) is 13.0. The number of carbonyl (C=O) groups is 1. The van der Waals surface area contributed by atoms with Gasteiger partial charge in [-0.1, -0.05) is 0 Å². The highest BCUT2D eigenvalue weighted by Crippen LogP contribution is 2.36. The summed E-state index contributed by atoms with van der Waals surface area (Å²) in [4.78, 5) is 14.5. The molecule has 1 amide bonds. The van der Waals surface area contributed by atoms with Gasteiger partial charge in [0.2, 0.25) is 0 Å². The van der Waals surface area contributed by atoms with Gasteiger partial charge in [0.1, 0.15) is 21.8 Å². The zero-order chi connectivity index (χ0) is 19.4. The molecule has 0 atom stereocenters. The fourth-order valence-corrected chi connectivity index (χ4v) is 3.40. The quantitative estimate of drug-likeness (QED) is 0.770. The lowest BCUT2D eigenvalue weighted by atomic mass is 10.1. The molecule has 0 saturated carbocycles. The number of halogens is 2. The maximum atomic E-state index is 14.5. The lowest BCUT2D eigenvalue weighted by Gasteiger charge is -2.29. The highest BCUT2D eigenvalue weighted by atomic mass is 79.9. The second kappa shape index (κ2) is 8.58. The second-order valence-electron chi connectivity index (χ2n) is 5.91. The highest BCUT2D eigenvalue weighted by molar-refractivity contribution is 9.10. The predicted octanol–water partition coefficient (Wildman–Crippen LogP) is 3.69. The Labute approximate surface area is 165 Å². The molecule has 0 unspecified atom stereocenters. The number of hydrogen-bond acceptors (Lipinski definition) is 5. The van der Waals surface area contributed by atoms with Crippen molar-refractivity contribution >= 4 is 33.2 Å². The minimum atomic E-state index is -0.391. The van der Waals surface area contributed by atoms with Crippen LogP contribution in [0.4, 0.5) is 15.8 Å². The number of methoxy groups -OCH3 is 2. The number of carbonyl (C=O) groups excluding carboxylic acids is 1. The highest BCUT2D eigenvalue weighted by Gasteiger charge is 2.18. The van der Waals surface area contributed by atoms with Gasteiger partial charge in [-0.3, -0.25) is 4.79 Å². The average Bonchev–Trinajstić information content (AvgIpc) is 2.69. The molecule has 1 saturated heterocycles. The smallest absolute Gasteiger partial charge is 0.255 e. The van der Waals surface area contributed by atoms with Crippen molar-refractivity contribution in [3.05, 3.63) is 46.2 Å². The maximum absolute atomic E-state index is 14.5. The number of benzene rings is 2. The van der Waals surface area contributed by atoms with Crippen molar-refractivity contribution in [2.75, 3.05) is 50.7 Å². The van der Waals surface area contributed by atoms with Crippen molar-refractivity contribution in [1.82, 2.24) is 0 Å². The molecule has 144 valence electrons. The number of nitrogens with one attached hydrogen (secondary N) is 1. The molecule has 0 aromatic heterocycles. The molecule has 27 heavy (non-hydrogen) atoms. The van der Waals surface area contributed by atoms with E-state index < -0.39 is 5.91 Å². The lowest BCUT2D eigenvalue weighted by Crippen LogP contribution is -2.36. The van der Waals surface area contributed by atoms with E-state index in [1.807, 2.05) is 4.90 Å². The van der Waals surface area contributed by atoms with Gasteiger partial charge in [-0.15, -0.1) is 0 Å². The van der Waals surface area contributed by atoms with Crippen LogP contribution in [0.25, 0.3) is 0 Å². The number of hydrogen-bond donors (Lipinski definition) is 1. The standard InChI is InChI=1S/C19H20BrFN2O4/c1-25-16-9-12(10-17(26-2)18(16)20)19(24)22-13-3-4-15(14(21)11-13)23-5-7-27-8-6-23/h3-4,9-11H,5-8H2,1-2H3,(H,22,24). The van der Waals surface area contributed by atoms with E-state index in [2.05, 4.69) is 21.2 Å². The van der Waals surface area contributed by atoms with Crippen LogP contribution in [-0.4, -0.2) is 46.4 Å². The van der Waals surface area contributed by atoms with E-state index in [1.54, 1.807) is 24.3 Å². The molecule has 0 bridgehead atoms. The lowest BCUT2D eigenvalue weighted by molar-refractivity contribution is 0.102. The molecule has 2 aromatic carbocycles. The average molecular weight is 439 g/mol. The number of nitrogens with zero attached hydrogens (tertiary/aromatic N) is 1. The SMILES string of the molecule is COc1cc(C(=O)Nc2ccc(N3CCOCC3)c(F)c2)cc(OC)c1Br. The van der Waals surface area contributed by atoms with Crippen LogP contribution in [0.5, 0.6) is 11.5 Å². The van der Waals surface area contributed by atoms with E-state index in [1.165, 1.54) is 20.3 Å². The van der Waals surface area contributed by atoms with E-state index in [0.29, 0.717) is 59.2 Å². The Balaban J connectivity index is 1.79. The van der Waals surface area contributed by atoms with Crippen molar-refractivity contribution in [1.29, 1.82) is 0 Å². The van der Waals surface area contributed by atoms with Crippen molar-refractivity contribution in [2.45, 2.75) is 0 Å². The van der Waals surface area contributed by atoms with Gasteiger partial charge in [0.05, 0.1) is 33.1 Å². The van der Waals surface area contributed by atoms with Gasteiger partial charge in [-0.05, 0) is 46.3 Å². The predicted molar refractivity (Wildman–Crippen MR) is 105 cm³/mol. The zero-order valence-corrected chi connectivity index (χ0v) is 16.6. The number of morpholine rings is 1. The summed E-state index contributed by atoms with van der Waals surface area (Å²) in [5, 5.41) is 2.70. The van der Waals surface area contributed by atoms with Crippen LogP contribution < -0.4 is 19.7 Å². The van der Waals surface area contributed by atoms with Crippen LogP contribution in [-0.2, 0) is 4.74 Å². The van der Waals surface area contributed by atoms with Crippen molar-refractivity contribution in [2.24, 2.45) is 0 Å². The first-order valence-corrected chi connectivity index (χ1v) is 9.18. The molecule has 0 radical (unpaired) electrons. The zero-order valence-electron chi connectivity index (χ0n) is 15.1. The molecule has 1 aliphatic heterocycles. The second-order valence-corrected chi connectivity index (χ2v) is 6.71. The van der Waals surface area contributed by atoms with E-state index >= 15 is 0 Å². The van der Waals surface area contributed by atoms with Gasteiger partial charge in [0.15, 0.2) is 0 Å². The van der Waals surface area contributed by atoms with Crippen LogP contribution in [0.2, 0.25) is 0 Å². The summed E-state index contributed by atoms with van der Waals surface area (Å²) >= 11 is 3.36. The molecule has 8 heteroatoms. The Morgan fingerprint density at radius 1 is 1.15 bits per heavy atom. The van der Waals surface area contributed by atoms with Crippen molar-refractivity contribution < 1.29 is 23.4 Å². The van der Waals surface area contributed by atoms with E-state index in [-0.39, 0.29) is 5.82 Å². The first kappa shape index (κ1) is 19.4. The maximum Gasteiger partial charge on any atom is 0.255 e. The third-order valence-corrected chi connectivity index (χ3v) is 5.05. The fraction of sp³-hybridized carbons (Fsp3) is 0.316. The third-order valence-electron chi connectivity index (χ3n) is 4.27. The monoisotopic (exact) mass is 438 g/mol. The fourth-order valence-electron chi connectivity index (χ4n) is 2.85. The molecule has 1 aliphatic rings. The Kier molecular flexibility index (Phi) is 6.18.